The largest absolute Gasteiger partial charge is 0.453 e. The monoisotopic (exact) mass is 471 g/mol. The lowest BCUT2D eigenvalue weighted by molar-refractivity contribution is 0.251. The molecule has 2 amide bonds. The first-order valence-corrected chi connectivity index (χ1v) is 10.7. The molecule has 2 aromatic carbocycles. The fraction of sp³-hybridized carbons (Fsp3) is 0.0385. The number of hydrogen-bond donors (Lipinski definition) is 3. The third kappa shape index (κ3) is 5.09. The van der Waals surface area contributed by atoms with E-state index in [0.717, 1.165) is 16.8 Å². The van der Waals surface area contributed by atoms with E-state index in [9.17, 15) is 13.6 Å². The first-order valence-electron chi connectivity index (χ1n) is 10.7. The fourth-order valence-corrected chi connectivity index (χ4v) is 3.51. The molecule has 9 heteroatoms. The zero-order valence-electron chi connectivity index (χ0n) is 18.3. The normalized spacial score (nSPS) is 10.8. The van der Waals surface area contributed by atoms with Crippen molar-refractivity contribution >= 4 is 22.8 Å². The number of H-pyrrole nitrogens is 1. The number of urea groups is 1. The molecule has 0 fully saturated rings. The Morgan fingerprint density at radius 1 is 0.971 bits per heavy atom. The standard InChI is InChI=1S/C26H19F2N5O2/c27-18-5-3-16(4-6-18)14-31-26(34)32-19-7-8-24(21(28)12-19)35-23-9-11-30-25-20(23)13-22(33-25)17-2-1-10-29-15-17/h1-13,15H,14H2,(H,30,33)(H2,31,32,34). The Labute approximate surface area is 198 Å². The zero-order valence-corrected chi connectivity index (χ0v) is 18.3. The summed E-state index contributed by atoms with van der Waals surface area (Å²) >= 11 is 0. The lowest BCUT2D eigenvalue weighted by Gasteiger charge is -2.11. The van der Waals surface area contributed by atoms with Gasteiger partial charge in [0.05, 0.1) is 5.39 Å². The van der Waals surface area contributed by atoms with Crippen molar-refractivity contribution in [3.63, 3.8) is 0 Å². The second-order valence-corrected chi connectivity index (χ2v) is 7.68. The van der Waals surface area contributed by atoms with Crippen molar-refractivity contribution in [2.45, 2.75) is 6.54 Å². The molecule has 0 aliphatic heterocycles. The highest BCUT2D eigenvalue weighted by Crippen LogP contribution is 2.33. The van der Waals surface area contributed by atoms with Gasteiger partial charge in [0.1, 0.15) is 17.2 Å². The quantitative estimate of drug-likeness (QED) is 0.283. The number of aromatic nitrogens is 3. The smallest absolute Gasteiger partial charge is 0.319 e. The predicted octanol–water partition coefficient (Wildman–Crippen LogP) is 6.02. The Morgan fingerprint density at radius 2 is 1.83 bits per heavy atom. The number of nitrogens with zero attached hydrogens (tertiary/aromatic N) is 2. The molecule has 0 saturated carbocycles. The van der Waals surface area contributed by atoms with Crippen LogP contribution in [0.5, 0.6) is 11.5 Å². The van der Waals surface area contributed by atoms with Gasteiger partial charge in [0.25, 0.3) is 0 Å². The van der Waals surface area contributed by atoms with Crippen molar-refractivity contribution < 1.29 is 18.3 Å². The molecule has 0 atom stereocenters. The number of aromatic amines is 1. The first-order chi connectivity index (χ1) is 17.0. The molecule has 0 spiro atoms. The first kappa shape index (κ1) is 22.0. The summed E-state index contributed by atoms with van der Waals surface area (Å²) in [5.74, 6) is -0.569. The number of rotatable bonds is 6. The molecule has 5 rings (SSSR count). The van der Waals surface area contributed by atoms with Crippen LogP contribution in [0, 0.1) is 11.6 Å². The third-order valence-corrected chi connectivity index (χ3v) is 5.24. The Hall–Kier alpha value is -4.79. The number of benzene rings is 2. The van der Waals surface area contributed by atoms with Gasteiger partial charge in [-0.25, -0.2) is 18.6 Å². The summed E-state index contributed by atoms with van der Waals surface area (Å²) in [6.07, 6.45) is 4.99. The van der Waals surface area contributed by atoms with Crippen molar-refractivity contribution in [1.29, 1.82) is 0 Å². The Kier molecular flexibility index (Phi) is 6.04. The van der Waals surface area contributed by atoms with Crippen LogP contribution in [-0.4, -0.2) is 21.0 Å². The molecule has 3 aromatic heterocycles. The maximum Gasteiger partial charge on any atom is 0.319 e. The van der Waals surface area contributed by atoms with E-state index in [1.807, 2.05) is 18.2 Å². The topological polar surface area (TPSA) is 91.9 Å². The van der Waals surface area contributed by atoms with Gasteiger partial charge in [-0.2, -0.15) is 0 Å². The van der Waals surface area contributed by atoms with E-state index in [1.165, 1.54) is 30.3 Å². The molecule has 5 aromatic rings. The second-order valence-electron chi connectivity index (χ2n) is 7.68. The number of anilines is 1. The number of halogens is 2. The minimum Gasteiger partial charge on any atom is -0.453 e. The Bertz CT molecular complexity index is 1490. The Balaban J connectivity index is 1.28. The molecule has 35 heavy (non-hydrogen) atoms. The highest BCUT2D eigenvalue weighted by molar-refractivity contribution is 5.90. The average molecular weight is 471 g/mol. The summed E-state index contributed by atoms with van der Waals surface area (Å²) < 4.78 is 33.6. The molecule has 0 saturated heterocycles. The average Bonchev–Trinajstić information content (AvgIpc) is 3.31. The zero-order chi connectivity index (χ0) is 24.2. The molecule has 174 valence electrons. The van der Waals surface area contributed by atoms with Crippen molar-refractivity contribution in [2.75, 3.05) is 5.32 Å². The predicted molar refractivity (Wildman–Crippen MR) is 128 cm³/mol. The third-order valence-electron chi connectivity index (χ3n) is 5.24. The van der Waals surface area contributed by atoms with Gasteiger partial charge in [-0.15, -0.1) is 0 Å². The molecule has 3 N–H and O–H groups in total. The summed E-state index contributed by atoms with van der Waals surface area (Å²) in [5.41, 5.74) is 3.28. The highest BCUT2D eigenvalue weighted by Gasteiger charge is 2.13. The number of amides is 2. The molecule has 0 radical (unpaired) electrons. The van der Waals surface area contributed by atoms with E-state index in [-0.39, 0.29) is 23.8 Å². The van der Waals surface area contributed by atoms with Crippen LogP contribution < -0.4 is 15.4 Å². The van der Waals surface area contributed by atoms with E-state index in [4.69, 9.17) is 4.74 Å². The van der Waals surface area contributed by atoms with Crippen LogP contribution in [0.4, 0.5) is 19.3 Å². The van der Waals surface area contributed by atoms with E-state index in [1.54, 1.807) is 36.8 Å². The number of ether oxygens (including phenoxy) is 1. The van der Waals surface area contributed by atoms with Gasteiger partial charge >= 0.3 is 6.03 Å². The molecule has 0 bridgehead atoms. The summed E-state index contributed by atoms with van der Waals surface area (Å²) in [6, 6.07) is 16.7. The van der Waals surface area contributed by atoms with Gasteiger partial charge in [-0.05, 0) is 54.1 Å². The van der Waals surface area contributed by atoms with E-state index in [0.29, 0.717) is 16.8 Å². The number of carbonyl (C=O) groups is 1. The number of pyridine rings is 2. The lowest BCUT2D eigenvalue weighted by atomic mass is 10.2. The molecular formula is C26H19F2N5O2. The summed E-state index contributed by atoms with van der Waals surface area (Å²) in [6.45, 7) is 0.200. The van der Waals surface area contributed by atoms with Crippen LogP contribution in [0.1, 0.15) is 5.56 Å². The molecular weight excluding hydrogens is 452 g/mol. The van der Waals surface area contributed by atoms with Gasteiger partial charge in [0, 0.05) is 48.1 Å². The van der Waals surface area contributed by atoms with E-state index >= 15 is 0 Å². The number of hydrogen-bond acceptors (Lipinski definition) is 4. The molecule has 7 nitrogen and oxygen atoms in total. The van der Waals surface area contributed by atoms with Crippen LogP contribution in [0.25, 0.3) is 22.3 Å². The minimum absolute atomic E-state index is 0.00102. The van der Waals surface area contributed by atoms with Crippen LogP contribution in [0.2, 0.25) is 0 Å². The highest BCUT2D eigenvalue weighted by atomic mass is 19.1. The maximum absolute atomic E-state index is 14.8. The van der Waals surface area contributed by atoms with Crippen LogP contribution >= 0.6 is 0 Å². The van der Waals surface area contributed by atoms with Crippen LogP contribution in [0.15, 0.2) is 85.3 Å². The molecule has 0 aliphatic carbocycles. The maximum atomic E-state index is 14.8. The fourth-order valence-electron chi connectivity index (χ4n) is 3.51. The van der Waals surface area contributed by atoms with Crippen molar-refractivity contribution in [1.82, 2.24) is 20.3 Å². The molecule has 0 unspecified atom stereocenters. The van der Waals surface area contributed by atoms with Crippen LogP contribution in [0.3, 0.4) is 0 Å². The van der Waals surface area contributed by atoms with Gasteiger partial charge in [0.15, 0.2) is 11.6 Å². The van der Waals surface area contributed by atoms with Gasteiger partial charge < -0.3 is 20.4 Å². The SMILES string of the molecule is O=C(NCc1ccc(F)cc1)Nc1ccc(Oc2ccnc3[nH]c(-c4cccnc4)cc23)c(F)c1. The van der Waals surface area contributed by atoms with E-state index in [2.05, 4.69) is 25.6 Å². The number of carbonyl (C=O) groups excluding carboxylic acids is 1. The van der Waals surface area contributed by atoms with Crippen molar-refractivity contribution in [3.05, 3.63) is 103 Å². The van der Waals surface area contributed by atoms with E-state index < -0.39 is 11.8 Å². The lowest BCUT2D eigenvalue weighted by Crippen LogP contribution is -2.28. The molecule has 3 heterocycles. The Morgan fingerprint density at radius 3 is 2.60 bits per heavy atom. The summed E-state index contributed by atoms with van der Waals surface area (Å²) in [4.78, 5) is 23.8. The van der Waals surface area contributed by atoms with Gasteiger partial charge in [0.2, 0.25) is 0 Å². The number of nitrogens with one attached hydrogen (secondary N) is 3. The van der Waals surface area contributed by atoms with Gasteiger partial charge in [-0.1, -0.05) is 12.1 Å². The second kappa shape index (κ2) is 9.60. The van der Waals surface area contributed by atoms with Gasteiger partial charge in [-0.3, -0.25) is 4.98 Å². The van der Waals surface area contributed by atoms with Crippen molar-refractivity contribution in [2.24, 2.45) is 0 Å². The summed E-state index contributed by atoms with van der Waals surface area (Å²) in [5, 5.41) is 5.89. The van der Waals surface area contributed by atoms with Crippen LogP contribution in [-0.2, 0) is 6.54 Å². The minimum atomic E-state index is -0.644. The number of fused-ring (bicyclic) bond motifs is 1. The summed E-state index contributed by atoms with van der Waals surface area (Å²) in [7, 11) is 0. The van der Waals surface area contributed by atoms with Crippen molar-refractivity contribution in [3.8, 4) is 22.8 Å². The molecule has 0 aliphatic rings.